The minimum atomic E-state index is -0.0528. The van der Waals surface area contributed by atoms with E-state index in [9.17, 15) is 4.79 Å². The summed E-state index contributed by atoms with van der Waals surface area (Å²) in [6, 6.07) is 10.4. The van der Waals surface area contributed by atoms with Crippen molar-refractivity contribution in [3.8, 4) is 0 Å². The molecule has 0 spiro atoms. The van der Waals surface area contributed by atoms with E-state index in [2.05, 4.69) is 15.7 Å². The molecule has 3 aromatic rings. The van der Waals surface area contributed by atoms with Gasteiger partial charge in [-0.2, -0.15) is 10.1 Å². The molecule has 158 valence electrons. The predicted octanol–water partition coefficient (Wildman–Crippen LogP) is 2.89. The monoisotopic (exact) mass is 407 g/mol. The number of aryl methyl sites for hydroxylation is 2. The molecule has 0 saturated heterocycles. The molecule has 1 aromatic carbocycles. The fourth-order valence-corrected chi connectivity index (χ4v) is 4.11. The molecule has 0 atom stereocenters. The molecule has 1 aliphatic carbocycles. The van der Waals surface area contributed by atoms with E-state index in [1.165, 1.54) is 0 Å². The second-order valence-corrected chi connectivity index (χ2v) is 8.24. The van der Waals surface area contributed by atoms with Gasteiger partial charge in [0.1, 0.15) is 11.5 Å². The Labute approximate surface area is 176 Å². The van der Waals surface area contributed by atoms with E-state index in [0.717, 1.165) is 48.1 Å². The zero-order valence-electron chi connectivity index (χ0n) is 18.0. The highest BCUT2D eigenvalue weighted by atomic mass is 16.2. The molecule has 8 nitrogen and oxygen atoms in total. The highest BCUT2D eigenvalue weighted by Gasteiger charge is 2.24. The molecule has 0 bridgehead atoms. The Morgan fingerprint density at radius 2 is 1.80 bits per heavy atom. The third-order valence-electron chi connectivity index (χ3n) is 5.64. The summed E-state index contributed by atoms with van der Waals surface area (Å²) in [6.45, 7) is 1.89. The van der Waals surface area contributed by atoms with E-state index in [1.807, 2.05) is 56.3 Å². The van der Waals surface area contributed by atoms with Crippen LogP contribution in [0.3, 0.4) is 0 Å². The lowest BCUT2D eigenvalue weighted by Crippen LogP contribution is -2.40. The van der Waals surface area contributed by atoms with Crippen LogP contribution < -0.4 is 15.5 Å². The first-order chi connectivity index (χ1) is 14.4. The van der Waals surface area contributed by atoms with Crippen molar-refractivity contribution in [2.45, 2.75) is 44.7 Å². The first-order valence-corrected chi connectivity index (χ1v) is 10.4. The molecule has 2 heterocycles. The summed E-state index contributed by atoms with van der Waals surface area (Å²) in [6.07, 6.45) is 3.77. The smallest absolute Gasteiger partial charge is 0.269 e. The lowest BCUT2D eigenvalue weighted by molar-refractivity contribution is 0.0917. The first-order valence-electron chi connectivity index (χ1n) is 10.4. The summed E-state index contributed by atoms with van der Waals surface area (Å²) < 4.78 is 1.64. The minimum Gasteiger partial charge on any atom is -0.362 e. The first kappa shape index (κ1) is 20.1. The lowest BCUT2D eigenvalue weighted by Gasteiger charge is -2.30. The molecule has 1 aliphatic rings. The number of nitrogens with zero attached hydrogens (tertiary/aromatic N) is 5. The normalized spacial score (nSPS) is 18.9. The highest BCUT2D eigenvalue weighted by Crippen LogP contribution is 2.26. The number of nitrogens with one attached hydrogen (secondary N) is 2. The van der Waals surface area contributed by atoms with Gasteiger partial charge in [-0.15, -0.1) is 0 Å². The van der Waals surface area contributed by atoms with Gasteiger partial charge in [-0.05, 0) is 50.8 Å². The standard InChI is InChI=1S/C22H29N7O/c1-14-13-19(29(4)27-14)21(30)23-15-9-11-16(12-10-15)24-22-25-18-8-6-5-7-17(18)20(26-22)28(2)3/h5-8,13,15-16H,9-12H2,1-4H3,(H,23,30)(H,24,25,26)/t15-,16+. The average Bonchev–Trinajstić information content (AvgIpc) is 3.07. The molecule has 2 aromatic heterocycles. The van der Waals surface area contributed by atoms with Crippen LogP contribution in [0.4, 0.5) is 11.8 Å². The molecule has 1 amide bonds. The molecular formula is C22H29N7O. The highest BCUT2D eigenvalue weighted by molar-refractivity contribution is 5.93. The maximum atomic E-state index is 12.5. The van der Waals surface area contributed by atoms with Crippen molar-refractivity contribution in [1.29, 1.82) is 0 Å². The second-order valence-electron chi connectivity index (χ2n) is 8.24. The van der Waals surface area contributed by atoms with Gasteiger partial charge in [-0.25, -0.2) is 4.98 Å². The van der Waals surface area contributed by atoms with E-state index >= 15 is 0 Å². The maximum Gasteiger partial charge on any atom is 0.269 e. The van der Waals surface area contributed by atoms with Crippen LogP contribution in [-0.2, 0) is 7.05 Å². The third kappa shape index (κ3) is 4.22. The summed E-state index contributed by atoms with van der Waals surface area (Å²) >= 11 is 0. The van der Waals surface area contributed by atoms with Crippen LogP contribution in [0, 0.1) is 6.92 Å². The summed E-state index contributed by atoms with van der Waals surface area (Å²) in [5.41, 5.74) is 2.39. The number of carbonyl (C=O) groups excluding carboxylic acids is 1. The van der Waals surface area contributed by atoms with Crippen molar-refractivity contribution in [3.05, 3.63) is 41.7 Å². The Hall–Kier alpha value is -3.16. The Kier molecular flexibility index (Phi) is 5.57. The van der Waals surface area contributed by atoms with Crippen LogP contribution in [0.25, 0.3) is 10.9 Å². The molecule has 8 heteroatoms. The van der Waals surface area contributed by atoms with Crippen LogP contribution in [0.15, 0.2) is 30.3 Å². The lowest BCUT2D eigenvalue weighted by atomic mass is 9.91. The van der Waals surface area contributed by atoms with Crippen LogP contribution in [0.1, 0.15) is 41.9 Å². The van der Waals surface area contributed by atoms with Crippen LogP contribution in [0.2, 0.25) is 0 Å². The minimum absolute atomic E-state index is 0.0528. The average molecular weight is 408 g/mol. The number of rotatable bonds is 5. The van der Waals surface area contributed by atoms with Crippen molar-refractivity contribution >= 4 is 28.6 Å². The van der Waals surface area contributed by atoms with Gasteiger partial charge < -0.3 is 15.5 Å². The van der Waals surface area contributed by atoms with Crippen molar-refractivity contribution in [2.24, 2.45) is 7.05 Å². The van der Waals surface area contributed by atoms with E-state index < -0.39 is 0 Å². The van der Waals surface area contributed by atoms with Gasteiger partial charge in [-0.3, -0.25) is 9.48 Å². The number of benzene rings is 1. The van der Waals surface area contributed by atoms with Gasteiger partial charge in [0, 0.05) is 38.6 Å². The Morgan fingerprint density at radius 1 is 1.10 bits per heavy atom. The van der Waals surface area contributed by atoms with Gasteiger partial charge in [0.05, 0.1) is 11.2 Å². The molecule has 2 N–H and O–H groups in total. The van der Waals surface area contributed by atoms with Gasteiger partial charge in [0.2, 0.25) is 5.95 Å². The van der Waals surface area contributed by atoms with Gasteiger partial charge in [0.25, 0.3) is 5.91 Å². The van der Waals surface area contributed by atoms with Crippen LogP contribution >= 0.6 is 0 Å². The van der Waals surface area contributed by atoms with Crippen LogP contribution in [-0.4, -0.2) is 51.8 Å². The molecule has 4 rings (SSSR count). The number of hydrogen-bond donors (Lipinski definition) is 2. The second kappa shape index (κ2) is 8.30. The van der Waals surface area contributed by atoms with E-state index in [-0.39, 0.29) is 11.9 Å². The molecule has 0 radical (unpaired) electrons. The van der Waals surface area contributed by atoms with E-state index in [4.69, 9.17) is 9.97 Å². The number of carbonyl (C=O) groups is 1. The molecule has 1 saturated carbocycles. The number of hydrogen-bond acceptors (Lipinski definition) is 6. The predicted molar refractivity (Wildman–Crippen MR) is 119 cm³/mol. The summed E-state index contributed by atoms with van der Waals surface area (Å²) in [5.74, 6) is 1.52. The largest absolute Gasteiger partial charge is 0.362 e. The Balaban J connectivity index is 1.38. The number of aromatic nitrogens is 4. The van der Waals surface area contributed by atoms with Gasteiger partial charge in [-0.1, -0.05) is 12.1 Å². The number of para-hydroxylation sites is 1. The fourth-order valence-electron chi connectivity index (χ4n) is 4.11. The third-order valence-corrected chi connectivity index (χ3v) is 5.64. The number of anilines is 2. The van der Waals surface area contributed by atoms with Crippen LogP contribution in [0.5, 0.6) is 0 Å². The molecule has 1 fully saturated rings. The van der Waals surface area contributed by atoms with Crippen molar-refractivity contribution < 1.29 is 4.79 Å². The molecule has 30 heavy (non-hydrogen) atoms. The topological polar surface area (TPSA) is 88.0 Å². The Bertz CT molecular complexity index is 1050. The van der Waals surface area contributed by atoms with E-state index in [1.54, 1.807) is 11.7 Å². The summed E-state index contributed by atoms with van der Waals surface area (Å²) in [4.78, 5) is 24.0. The molecular weight excluding hydrogens is 378 g/mol. The van der Waals surface area contributed by atoms with Gasteiger partial charge in [0.15, 0.2) is 0 Å². The molecule has 0 unspecified atom stereocenters. The van der Waals surface area contributed by atoms with Gasteiger partial charge >= 0.3 is 0 Å². The van der Waals surface area contributed by atoms with Crippen molar-refractivity contribution in [1.82, 2.24) is 25.1 Å². The maximum absolute atomic E-state index is 12.5. The van der Waals surface area contributed by atoms with E-state index in [0.29, 0.717) is 17.7 Å². The molecule has 0 aliphatic heterocycles. The van der Waals surface area contributed by atoms with Crippen molar-refractivity contribution in [3.63, 3.8) is 0 Å². The zero-order valence-corrected chi connectivity index (χ0v) is 18.0. The summed E-state index contributed by atoms with van der Waals surface area (Å²) in [7, 11) is 5.79. The Morgan fingerprint density at radius 3 is 2.47 bits per heavy atom. The SMILES string of the molecule is Cc1cc(C(=O)N[C@H]2CC[C@@H](Nc3nc(N(C)C)c4ccccc4n3)CC2)n(C)n1. The summed E-state index contributed by atoms with van der Waals surface area (Å²) in [5, 5.41) is 12.0. The quantitative estimate of drug-likeness (QED) is 0.676. The number of amides is 1. The fraction of sp³-hybridized carbons (Fsp3) is 0.455. The zero-order chi connectivity index (χ0) is 21.3. The number of fused-ring (bicyclic) bond motifs is 1. The van der Waals surface area contributed by atoms with Crippen molar-refractivity contribution in [2.75, 3.05) is 24.3 Å².